The van der Waals surface area contributed by atoms with Gasteiger partial charge in [-0.1, -0.05) is 42.5 Å². The van der Waals surface area contributed by atoms with Crippen molar-refractivity contribution < 1.29 is 14.3 Å². The molecule has 0 aliphatic carbocycles. The van der Waals surface area contributed by atoms with Crippen LogP contribution in [0.25, 0.3) is 11.0 Å². The number of hydrogen-bond acceptors (Lipinski definition) is 4. The summed E-state index contributed by atoms with van der Waals surface area (Å²) in [5.74, 6) is 2.23. The van der Waals surface area contributed by atoms with E-state index in [9.17, 15) is 4.79 Å². The second kappa shape index (κ2) is 10.7. The molecule has 0 fully saturated rings. The molecule has 4 aromatic rings. The predicted octanol–water partition coefficient (Wildman–Crippen LogP) is 4.82. The van der Waals surface area contributed by atoms with Gasteiger partial charge in [0.25, 0.3) is 5.91 Å². The van der Waals surface area contributed by atoms with Crippen LogP contribution in [0.2, 0.25) is 0 Å². The lowest BCUT2D eigenvalue weighted by Gasteiger charge is -2.13. The van der Waals surface area contributed by atoms with Crippen molar-refractivity contribution >= 4 is 16.9 Å². The highest BCUT2D eigenvalue weighted by molar-refractivity contribution is 5.78. The molecule has 0 radical (unpaired) electrons. The first-order valence-corrected chi connectivity index (χ1v) is 11.2. The highest BCUT2D eigenvalue weighted by Gasteiger charge is 2.12. The number of amides is 1. The summed E-state index contributed by atoms with van der Waals surface area (Å²) in [5.41, 5.74) is 4.28. The molecule has 0 spiro atoms. The molecule has 0 unspecified atom stereocenters. The van der Waals surface area contributed by atoms with E-state index in [1.165, 1.54) is 5.56 Å². The van der Waals surface area contributed by atoms with Crippen LogP contribution in [-0.4, -0.2) is 28.7 Å². The van der Waals surface area contributed by atoms with Gasteiger partial charge in [-0.25, -0.2) is 4.98 Å². The van der Waals surface area contributed by atoms with Gasteiger partial charge < -0.3 is 19.4 Å². The lowest BCUT2D eigenvalue weighted by Crippen LogP contribution is -2.29. The van der Waals surface area contributed by atoms with E-state index >= 15 is 0 Å². The third-order valence-electron chi connectivity index (χ3n) is 5.42. The fourth-order valence-electron chi connectivity index (χ4n) is 3.67. The van der Waals surface area contributed by atoms with E-state index < -0.39 is 0 Å². The van der Waals surface area contributed by atoms with Crippen molar-refractivity contribution in [1.82, 2.24) is 14.9 Å². The molecule has 1 aromatic heterocycles. The number of aromatic nitrogens is 2. The lowest BCUT2D eigenvalue weighted by molar-refractivity contribution is -0.123. The summed E-state index contributed by atoms with van der Waals surface area (Å²) in [5, 5.41) is 2.92. The van der Waals surface area contributed by atoms with E-state index in [4.69, 9.17) is 14.5 Å². The molecule has 6 heteroatoms. The molecule has 0 aliphatic rings. The van der Waals surface area contributed by atoms with Crippen molar-refractivity contribution in [3.63, 3.8) is 0 Å². The van der Waals surface area contributed by atoms with Crippen molar-refractivity contribution in [2.75, 3.05) is 13.2 Å². The van der Waals surface area contributed by atoms with Gasteiger partial charge in [-0.3, -0.25) is 4.79 Å². The smallest absolute Gasteiger partial charge is 0.258 e. The van der Waals surface area contributed by atoms with Gasteiger partial charge in [0.15, 0.2) is 6.61 Å². The van der Waals surface area contributed by atoms with Crippen LogP contribution in [0, 0.1) is 13.8 Å². The molecule has 1 N–H and O–H groups in total. The number of rotatable bonds is 10. The second-order valence-electron chi connectivity index (χ2n) is 8.02. The number of para-hydroxylation sites is 3. The number of carbonyl (C=O) groups is 1. The zero-order valence-corrected chi connectivity index (χ0v) is 19.1. The number of nitrogens with one attached hydrogen (secondary N) is 1. The van der Waals surface area contributed by atoms with Crippen molar-refractivity contribution in [2.24, 2.45) is 0 Å². The minimum Gasteiger partial charge on any atom is -0.493 e. The number of fused-ring (bicyclic) bond motifs is 1. The quantitative estimate of drug-likeness (QED) is 0.357. The molecular formula is C27H29N3O3. The predicted molar refractivity (Wildman–Crippen MR) is 130 cm³/mol. The van der Waals surface area contributed by atoms with Crippen molar-refractivity contribution in [3.8, 4) is 11.5 Å². The summed E-state index contributed by atoms with van der Waals surface area (Å²) in [6, 6.07) is 23.6. The number of carbonyl (C=O) groups excluding carboxylic acids is 1. The number of imidazole rings is 1. The zero-order valence-electron chi connectivity index (χ0n) is 19.1. The largest absolute Gasteiger partial charge is 0.493 e. The molecule has 6 nitrogen and oxygen atoms in total. The summed E-state index contributed by atoms with van der Waals surface area (Å²) in [6.45, 7) is 5.78. The molecular weight excluding hydrogens is 414 g/mol. The third-order valence-corrected chi connectivity index (χ3v) is 5.42. The molecule has 170 valence electrons. The first kappa shape index (κ1) is 22.4. The van der Waals surface area contributed by atoms with Crippen LogP contribution >= 0.6 is 0 Å². The van der Waals surface area contributed by atoms with E-state index in [0.717, 1.165) is 41.1 Å². The fraction of sp³-hybridized carbons (Fsp3) is 0.259. The standard InChI is InChI=1S/C27H29N3O3/c1-20-13-14-21(2)25(17-20)32-16-8-15-30-24-12-7-6-11-23(24)29-26(30)18-28-27(31)19-33-22-9-4-3-5-10-22/h3-7,9-14,17H,8,15-16,18-19H2,1-2H3,(H,28,31). The Morgan fingerprint density at radius 3 is 2.61 bits per heavy atom. The van der Waals surface area contributed by atoms with Crippen LogP contribution in [0.4, 0.5) is 0 Å². The van der Waals surface area contributed by atoms with Crippen molar-refractivity contribution in [3.05, 3.63) is 89.7 Å². The normalized spacial score (nSPS) is 10.8. The number of hydrogen-bond donors (Lipinski definition) is 1. The SMILES string of the molecule is Cc1ccc(C)c(OCCCn2c(CNC(=O)COc3ccccc3)nc3ccccc32)c1. The minimum atomic E-state index is -0.185. The molecule has 0 saturated heterocycles. The van der Waals surface area contributed by atoms with Crippen LogP contribution in [0.15, 0.2) is 72.8 Å². The molecule has 0 aliphatic heterocycles. The molecule has 0 atom stereocenters. The van der Waals surface area contributed by atoms with Gasteiger partial charge in [-0.15, -0.1) is 0 Å². The highest BCUT2D eigenvalue weighted by atomic mass is 16.5. The summed E-state index contributed by atoms with van der Waals surface area (Å²) in [6.07, 6.45) is 0.825. The Balaban J connectivity index is 1.36. The van der Waals surface area contributed by atoms with Crippen LogP contribution < -0.4 is 14.8 Å². The van der Waals surface area contributed by atoms with Gasteiger partial charge in [-0.2, -0.15) is 0 Å². The van der Waals surface area contributed by atoms with Gasteiger partial charge in [-0.05, 0) is 61.7 Å². The first-order chi connectivity index (χ1) is 16.1. The fourth-order valence-corrected chi connectivity index (χ4v) is 3.67. The van der Waals surface area contributed by atoms with Crippen molar-refractivity contribution in [1.29, 1.82) is 0 Å². The van der Waals surface area contributed by atoms with Gasteiger partial charge >= 0.3 is 0 Å². The Morgan fingerprint density at radius 1 is 0.970 bits per heavy atom. The van der Waals surface area contributed by atoms with E-state index in [2.05, 4.69) is 48.0 Å². The summed E-state index contributed by atoms with van der Waals surface area (Å²) < 4.78 is 13.7. The Hall–Kier alpha value is -3.80. The van der Waals surface area contributed by atoms with Crippen LogP contribution in [-0.2, 0) is 17.9 Å². The lowest BCUT2D eigenvalue weighted by atomic mass is 10.1. The third kappa shape index (κ3) is 5.92. The van der Waals surface area contributed by atoms with Crippen LogP contribution in [0.5, 0.6) is 11.5 Å². The average Bonchev–Trinajstić information content (AvgIpc) is 3.19. The molecule has 3 aromatic carbocycles. The number of aryl methyl sites for hydroxylation is 3. The van der Waals surface area contributed by atoms with E-state index in [1.54, 1.807) is 0 Å². The summed E-state index contributed by atoms with van der Waals surface area (Å²) >= 11 is 0. The van der Waals surface area contributed by atoms with Gasteiger partial charge in [0.2, 0.25) is 0 Å². The summed E-state index contributed by atoms with van der Waals surface area (Å²) in [7, 11) is 0. The number of nitrogens with zero attached hydrogens (tertiary/aromatic N) is 2. The second-order valence-corrected chi connectivity index (χ2v) is 8.02. The maximum absolute atomic E-state index is 12.3. The maximum atomic E-state index is 12.3. The first-order valence-electron chi connectivity index (χ1n) is 11.2. The van der Waals surface area contributed by atoms with Gasteiger partial charge in [0.05, 0.1) is 24.2 Å². The van der Waals surface area contributed by atoms with Crippen molar-refractivity contribution in [2.45, 2.75) is 33.4 Å². The van der Waals surface area contributed by atoms with Crippen LogP contribution in [0.1, 0.15) is 23.4 Å². The monoisotopic (exact) mass is 443 g/mol. The Bertz CT molecular complexity index is 1220. The van der Waals surface area contributed by atoms with Gasteiger partial charge in [0, 0.05) is 6.54 Å². The minimum absolute atomic E-state index is 0.0338. The molecule has 0 bridgehead atoms. The average molecular weight is 444 g/mol. The molecule has 0 saturated carbocycles. The summed E-state index contributed by atoms with van der Waals surface area (Å²) in [4.78, 5) is 17.0. The Kier molecular flexibility index (Phi) is 7.25. The Labute approximate surface area is 194 Å². The van der Waals surface area contributed by atoms with E-state index in [-0.39, 0.29) is 12.5 Å². The topological polar surface area (TPSA) is 65.4 Å². The zero-order chi connectivity index (χ0) is 23.0. The number of ether oxygens (including phenoxy) is 2. The van der Waals surface area contributed by atoms with E-state index in [0.29, 0.717) is 18.9 Å². The maximum Gasteiger partial charge on any atom is 0.258 e. The number of benzene rings is 3. The molecule has 33 heavy (non-hydrogen) atoms. The highest BCUT2D eigenvalue weighted by Crippen LogP contribution is 2.20. The van der Waals surface area contributed by atoms with E-state index in [1.807, 2.05) is 48.5 Å². The molecule has 1 amide bonds. The molecule has 1 heterocycles. The van der Waals surface area contributed by atoms with Crippen LogP contribution in [0.3, 0.4) is 0 Å². The van der Waals surface area contributed by atoms with Gasteiger partial charge in [0.1, 0.15) is 17.3 Å². The molecule has 4 rings (SSSR count). The Morgan fingerprint density at radius 2 is 1.76 bits per heavy atom.